The van der Waals surface area contributed by atoms with Gasteiger partial charge in [-0.25, -0.2) is 4.79 Å². The van der Waals surface area contributed by atoms with Crippen molar-refractivity contribution in [3.05, 3.63) is 0 Å². The van der Waals surface area contributed by atoms with Crippen LogP contribution in [0.25, 0.3) is 0 Å². The molecule has 0 aromatic heterocycles. The first-order valence-electron chi connectivity index (χ1n) is 11.1. The molecule has 33 heavy (non-hydrogen) atoms. The molecular formula is C23H32O10. The number of ether oxygens (including phenoxy) is 5. The highest BCUT2D eigenvalue weighted by Crippen LogP contribution is 2.74. The maximum atomic E-state index is 12.9. The molecule has 1 heterocycles. The summed E-state index contributed by atoms with van der Waals surface area (Å²) in [5.41, 5.74) is -3.57. The second-order valence-electron chi connectivity index (χ2n) is 10.3. The molecule has 1 saturated heterocycles. The van der Waals surface area contributed by atoms with E-state index in [0.29, 0.717) is 12.8 Å². The summed E-state index contributed by atoms with van der Waals surface area (Å²) >= 11 is 0. The third kappa shape index (κ3) is 3.97. The monoisotopic (exact) mass is 468 g/mol. The maximum Gasteiger partial charge on any atom is 0.344 e. The van der Waals surface area contributed by atoms with E-state index in [1.54, 1.807) is 20.8 Å². The molecule has 2 saturated carbocycles. The molecule has 184 valence electrons. The molecule has 10 nitrogen and oxygen atoms in total. The Balaban J connectivity index is 1.85. The number of hydrogen-bond donors (Lipinski definition) is 0. The maximum absolute atomic E-state index is 12.9. The third-order valence-electron chi connectivity index (χ3n) is 7.69. The summed E-state index contributed by atoms with van der Waals surface area (Å²) in [6, 6.07) is 0. The molecule has 3 rings (SSSR count). The summed E-state index contributed by atoms with van der Waals surface area (Å²) in [7, 11) is 0. The molecule has 1 aliphatic heterocycles. The fourth-order valence-electron chi connectivity index (χ4n) is 5.47. The van der Waals surface area contributed by atoms with Crippen molar-refractivity contribution in [3.8, 4) is 0 Å². The van der Waals surface area contributed by atoms with Crippen LogP contribution in [0.2, 0.25) is 0 Å². The number of esters is 5. The second-order valence-corrected chi connectivity index (χ2v) is 10.3. The number of carbonyl (C=O) groups is 5. The predicted molar refractivity (Wildman–Crippen MR) is 110 cm³/mol. The van der Waals surface area contributed by atoms with Gasteiger partial charge in [-0.1, -0.05) is 6.92 Å². The average Bonchev–Trinajstić information content (AvgIpc) is 3.20. The van der Waals surface area contributed by atoms with Gasteiger partial charge in [-0.3, -0.25) is 19.2 Å². The molecule has 3 aliphatic rings. The van der Waals surface area contributed by atoms with Crippen molar-refractivity contribution in [1.82, 2.24) is 0 Å². The van der Waals surface area contributed by atoms with Gasteiger partial charge in [0, 0.05) is 19.3 Å². The first-order chi connectivity index (χ1) is 15.2. The van der Waals surface area contributed by atoms with Crippen LogP contribution in [0.5, 0.6) is 0 Å². The zero-order chi connectivity index (χ0) is 24.8. The molecule has 5 atom stereocenters. The van der Waals surface area contributed by atoms with E-state index in [-0.39, 0.29) is 19.6 Å². The number of rotatable bonds is 9. The summed E-state index contributed by atoms with van der Waals surface area (Å²) in [6.07, 6.45) is -0.772. The van der Waals surface area contributed by atoms with Gasteiger partial charge in [0.1, 0.15) is 25.4 Å². The van der Waals surface area contributed by atoms with E-state index in [1.165, 1.54) is 13.8 Å². The Morgan fingerprint density at radius 3 is 2.21 bits per heavy atom. The van der Waals surface area contributed by atoms with Gasteiger partial charge in [0.05, 0.1) is 16.2 Å². The highest BCUT2D eigenvalue weighted by atomic mass is 16.6. The summed E-state index contributed by atoms with van der Waals surface area (Å²) in [6.45, 7) is 8.74. The largest absolute Gasteiger partial charge is 0.465 e. The van der Waals surface area contributed by atoms with Crippen molar-refractivity contribution in [2.24, 2.45) is 21.7 Å². The van der Waals surface area contributed by atoms with E-state index >= 15 is 0 Å². The summed E-state index contributed by atoms with van der Waals surface area (Å²) in [5, 5.41) is 0. The van der Waals surface area contributed by atoms with Crippen LogP contribution in [0.1, 0.15) is 60.8 Å². The van der Waals surface area contributed by atoms with Crippen LogP contribution in [0.3, 0.4) is 0 Å². The van der Waals surface area contributed by atoms with Crippen molar-refractivity contribution in [3.63, 3.8) is 0 Å². The van der Waals surface area contributed by atoms with Gasteiger partial charge in [0.15, 0.2) is 6.61 Å². The van der Waals surface area contributed by atoms with E-state index in [9.17, 15) is 24.0 Å². The van der Waals surface area contributed by atoms with Gasteiger partial charge in [0.2, 0.25) is 0 Å². The van der Waals surface area contributed by atoms with Crippen LogP contribution in [-0.4, -0.2) is 61.9 Å². The van der Waals surface area contributed by atoms with Crippen molar-refractivity contribution >= 4 is 29.8 Å². The molecule has 0 aromatic rings. The molecule has 10 heteroatoms. The summed E-state index contributed by atoms with van der Waals surface area (Å²) in [4.78, 5) is 60.8. The molecule has 3 fully saturated rings. The van der Waals surface area contributed by atoms with E-state index in [4.69, 9.17) is 23.7 Å². The fourth-order valence-corrected chi connectivity index (χ4v) is 5.47. The Kier molecular flexibility index (Phi) is 6.27. The fraction of sp³-hybridized carbons (Fsp3) is 0.783. The normalized spacial score (nSPS) is 33.9. The van der Waals surface area contributed by atoms with Gasteiger partial charge in [-0.15, -0.1) is 0 Å². The third-order valence-corrected chi connectivity index (χ3v) is 7.69. The van der Waals surface area contributed by atoms with Crippen molar-refractivity contribution in [2.75, 3.05) is 19.8 Å². The van der Waals surface area contributed by atoms with E-state index < -0.39 is 70.3 Å². The van der Waals surface area contributed by atoms with Gasteiger partial charge < -0.3 is 23.7 Å². The van der Waals surface area contributed by atoms with Crippen LogP contribution in [0.4, 0.5) is 0 Å². The smallest absolute Gasteiger partial charge is 0.344 e. The predicted octanol–water partition coefficient (Wildman–Crippen LogP) is 1.72. The molecular weight excluding hydrogens is 436 g/mol. The Morgan fingerprint density at radius 2 is 1.64 bits per heavy atom. The van der Waals surface area contributed by atoms with Crippen LogP contribution < -0.4 is 0 Å². The SMILES string of the molecule is CCC(C)(C)C(=O)OCC(=O)OC1C2OC(=O)C3(C)CC1(COC(C)=O)CC23COC(C)=O. The summed E-state index contributed by atoms with van der Waals surface area (Å²) < 4.78 is 27.1. The van der Waals surface area contributed by atoms with Crippen molar-refractivity contribution in [2.45, 2.75) is 73.0 Å². The van der Waals surface area contributed by atoms with Crippen molar-refractivity contribution < 1.29 is 47.7 Å². The minimum Gasteiger partial charge on any atom is -0.465 e. The number of hydrogen-bond acceptors (Lipinski definition) is 10. The highest BCUT2D eigenvalue weighted by Gasteiger charge is 2.83. The lowest BCUT2D eigenvalue weighted by Gasteiger charge is -2.41. The Hall–Kier alpha value is -2.65. The standard InChI is InChI=1S/C23H32O10/c1-7-20(4,5)18(27)29-8-15(26)32-16-17-23(12-31-14(3)25)10-22(16,11-30-13(2)24)9-21(23,6)19(28)33-17/h16-17H,7-12H2,1-6H3. The molecule has 0 radical (unpaired) electrons. The number of carbonyl (C=O) groups excluding carboxylic acids is 5. The van der Waals surface area contributed by atoms with Gasteiger partial charge in [-0.05, 0) is 40.0 Å². The van der Waals surface area contributed by atoms with Gasteiger partial charge >= 0.3 is 29.8 Å². The topological polar surface area (TPSA) is 132 Å². The van der Waals surface area contributed by atoms with E-state index in [0.717, 1.165) is 0 Å². The van der Waals surface area contributed by atoms with E-state index in [2.05, 4.69) is 0 Å². The van der Waals surface area contributed by atoms with Gasteiger partial charge in [-0.2, -0.15) is 0 Å². The first kappa shape index (κ1) is 25.0. The molecule has 0 spiro atoms. The zero-order valence-electron chi connectivity index (χ0n) is 20.0. The van der Waals surface area contributed by atoms with Gasteiger partial charge in [0.25, 0.3) is 0 Å². The lowest BCUT2D eigenvalue weighted by Crippen LogP contribution is -2.53. The number of fused-ring (bicyclic) bond motifs is 1. The van der Waals surface area contributed by atoms with Crippen LogP contribution >= 0.6 is 0 Å². The van der Waals surface area contributed by atoms with Crippen molar-refractivity contribution in [1.29, 1.82) is 0 Å². The Morgan fingerprint density at radius 1 is 1.03 bits per heavy atom. The Bertz CT molecular complexity index is 878. The molecule has 0 N–H and O–H groups in total. The molecule has 2 bridgehead atoms. The second kappa shape index (κ2) is 8.29. The molecule has 2 aliphatic carbocycles. The van der Waals surface area contributed by atoms with Crippen LogP contribution in [0, 0.1) is 21.7 Å². The van der Waals surface area contributed by atoms with Crippen LogP contribution in [-0.2, 0) is 47.7 Å². The molecule has 0 amide bonds. The lowest BCUT2D eigenvalue weighted by molar-refractivity contribution is -0.183. The Labute approximate surface area is 192 Å². The minimum absolute atomic E-state index is 0.0898. The highest BCUT2D eigenvalue weighted by molar-refractivity contribution is 5.83. The summed E-state index contributed by atoms with van der Waals surface area (Å²) in [5.74, 6) is -2.83. The molecule has 0 aromatic carbocycles. The van der Waals surface area contributed by atoms with Crippen LogP contribution in [0.15, 0.2) is 0 Å². The quantitative estimate of drug-likeness (QED) is 0.364. The molecule has 5 unspecified atom stereocenters. The minimum atomic E-state index is -0.992. The zero-order valence-corrected chi connectivity index (χ0v) is 20.0. The average molecular weight is 468 g/mol. The first-order valence-corrected chi connectivity index (χ1v) is 11.1. The lowest BCUT2D eigenvalue weighted by atomic mass is 9.63. The van der Waals surface area contributed by atoms with E-state index in [1.807, 2.05) is 6.92 Å².